The SMILES string of the molecule is C=C(C#N)C(=O)OC(C)OC(C)=O. The van der Waals surface area contributed by atoms with Crippen LogP contribution in [-0.4, -0.2) is 18.2 Å². The Kier molecular flexibility index (Phi) is 4.24. The maximum Gasteiger partial charge on any atom is 0.351 e. The van der Waals surface area contributed by atoms with Crippen LogP contribution >= 0.6 is 0 Å². The number of carbonyl (C=O) groups excluding carboxylic acids is 2. The quantitative estimate of drug-likeness (QED) is 0.276. The van der Waals surface area contributed by atoms with Gasteiger partial charge in [-0.3, -0.25) is 4.79 Å². The molecule has 13 heavy (non-hydrogen) atoms. The molecule has 5 heteroatoms. The van der Waals surface area contributed by atoms with Gasteiger partial charge in [-0.05, 0) is 0 Å². The number of hydrogen-bond acceptors (Lipinski definition) is 5. The highest BCUT2D eigenvalue weighted by molar-refractivity contribution is 5.92. The average Bonchev–Trinajstić information content (AvgIpc) is 2.01. The Bertz CT molecular complexity index is 276. The van der Waals surface area contributed by atoms with Crippen LogP contribution in [-0.2, 0) is 19.1 Å². The summed E-state index contributed by atoms with van der Waals surface area (Å²) in [5.74, 6) is -1.46. The topological polar surface area (TPSA) is 76.4 Å². The van der Waals surface area contributed by atoms with Gasteiger partial charge in [-0.15, -0.1) is 0 Å². The summed E-state index contributed by atoms with van der Waals surface area (Å²) in [6, 6.07) is 1.51. The van der Waals surface area contributed by atoms with Crippen molar-refractivity contribution in [1.82, 2.24) is 0 Å². The van der Waals surface area contributed by atoms with Gasteiger partial charge in [-0.25, -0.2) is 4.79 Å². The molecule has 0 amide bonds. The van der Waals surface area contributed by atoms with Crippen molar-refractivity contribution in [3.8, 4) is 6.07 Å². The molecule has 0 bridgehead atoms. The fraction of sp³-hybridized carbons (Fsp3) is 0.375. The van der Waals surface area contributed by atoms with Gasteiger partial charge in [0, 0.05) is 13.8 Å². The Morgan fingerprint density at radius 3 is 2.38 bits per heavy atom. The Hall–Kier alpha value is -1.83. The van der Waals surface area contributed by atoms with E-state index in [1.54, 1.807) is 0 Å². The van der Waals surface area contributed by atoms with Crippen LogP contribution in [0.1, 0.15) is 13.8 Å². The maximum absolute atomic E-state index is 10.8. The summed E-state index contributed by atoms with van der Waals surface area (Å²) in [5, 5.41) is 8.24. The number of carbonyl (C=O) groups is 2. The number of hydrogen-bond donors (Lipinski definition) is 0. The van der Waals surface area contributed by atoms with Crippen LogP contribution < -0.4 is 0 Å². The number of esters is 2. The molecule has 0 N–H and O–H groups in total. The third-order valence-corrected chi connectivity index (χ3v) is 0.986. The van der Waals surface area contributed by atoms with E-state index in [0.29, 0.717) is 0 Å². The molecule has 0 heterocycles. The van der Waals surface area contributed by atoms with Crippen LogP contribution in [0.25, 0.3) is 0 Å². The molecule has 0 aliphatic rings. The molecule has 0 spiro atoms. The lowest BCUT2D eigenvalue weighted by atomic mass is 10.3. The first-order valence-corrected chi connectivity index (χ1v) is 3.44. The lowest BCUT2D eigenvalue weighted by Gasteiger charge is -2.11. The van der Waals surface area contributed by atoms with Crippen molar-refractivity contribution < 1.29 is 19.1 Å². The zero-order chi connectivity index (χ0) is 10.4. The van der Waals surface area contributed by atoms with Gasteiger partial charge in [0.25, 0.3) is 0 Å². The first-order chi connectivity index (χ1) is 5.97. The van der Waals surface area contributed by atoms with E-state index in [1.165, 1.54) is 19.9 Å². The first kappa shape index (κ1) is 11.2. The monoisotopic (exact) mass is 183 g/mol. The fourth-order valence-electron chi connectivity index (χ4n) is 0.525. The normalized spacial score (nSPS) is 10.8. The fourth-order valence-corrected chi connectivity index (χ4v) is 0.525. The van der Waals surface area contributed by atoms with E-state index in [4.69, 9.17) is 5.26 Å². The van der Waals surface area contributed by atoms with Gasteiger partial charge in [0.05, 0.1) is 0 Å². The predicted octanol–water partition coefficient (Wildman–Crippen LogP) is 0.518. The molecule has 1 atom stereocenters. The summed E-state index contributed by atoms with van der Waals surface area (Å²) in [5.41, 5.74) is -0.334. The zero-order valence-electron chi connectivity index (χ0n) is 7.36. The second-order valence-corrected chi connectivity index (χ2v) is 2.17. The van der Waals surface area contributed by atoms with E-state index >= 15 is 0 Å². The van der Waals surface area contributed by atoms with Crippen molar-refractivity contribution in [1.29, 1.82) is 5.26 Å². The van der Waals surface area contributed by atoms with Crippen molar-refractivity contribution in [3.05, 3.63) is 12.2 Å². The Labute approximate surface area is 75.5 Å². The second-order valence-electron chi connectivity index (χ2n) is 2.17. The van der Waals surface area contributed by atoms with E-state index in [9.17, 15) is 9.59 Å². The number of rotatable bonds is 3. The van der Waals surface area contributed by atoms with Crippen molar-refractivity contribution in [2.24, 2.45) is 0 Å². The van der Waals surface area contributed by atoms with Crippen molar-refractivity contribution in [3.63, 3.8) is 0 Å². The first-order valence-electron chi connectivity index (χ1n) is 3.44. The summed E-state index contributed by atoms with van der Waals surface area (Å²) in [7, 11) is 0. The smallest absolute Gasteiger partial charge is 0.351 e. The van der Waals surface area contributed by atoms with Crippen molar-refractivity contribution in [2.45, 2.75) is 20.1 Å². The number of ether oxygens (including phenoxy) is 2. The highest BCUT2D eigenvalue weighted by atomic mass is 16.7. The van der Waals surface area contributed by atoms with Crippen LogP contribution in [0.15, 0.2) is 12.2 Å². The molecule has 70 valence electrons. The molecule has 0 aliphatic heterocycles. The zero-order valence-corrected chi connectivity index (χ0v) is 7.36. The minimum atomic E-state index is -1.00. The Balaban J connectivity index is 4.01. The van der Waals surface area contributed by atoms with Crippen LogP contribution in [0.4, 0.5) is 0 Å². The van der Waals surface area contributed by atoms with Gasteiger partial charge < -0.3 is 9.47 Å². The van der Waals surface area contributed by atoms with E-state index < -0.39 is 18.2 Å². The largest absolute Gasteiger partial charge is 0.426 e. The van der Waals surface area contributed by atoms with Gasteiger partial charge in [0.15, 0.2) is 0 Å². The molecule has 0 aromatic rings. The van der Waals surface area contributed by atoms with Crippen LogP contribution in [0.2, 0.25) is 0 Å². The van der Waals surface area contributed by atoms with Crippen LogP contribution in [0.5, 0.6) is 0 Å². The molecular weight excluding hydrogens is 174 g/mol. The van der Waals surface area contributed by atoms with Gasteiger partial charge >= 0.3 is 11.9 Å². The maximum atomic E-state index is 10.8. The summed E-state index contributed by atoms with van der Waals surface area (Å²) in [6.07, 6.45) is -1.00. The van der Waals surface area contributed by atoms with E-state index in [0.717, 1.165) is 0 Å². The molecule has 0 saturated carbocycles. The van der Waals surface area contributed by atoms with Gasteiger partial charge in [0.1, 0.15) is 11.6 Å². The molecule has 0 aromatic carbocycles. The molecule has 0 rings (SSSR count). The summed E-state index contributed by atoms with van der Waals surface area (Å²) < 4.78 is 8.99. The average molecular weight is 183 g/mol. The molecule has 0 saturated heterocycles. The van der Waals surface area contributed by atoms with E-state index in [-0.39, 0.29) is 5.57 Å². The molecular formula is C8H9NO4. The molecule has 0 radical (unpaired) electrons. The molecule has 5 nitrogen and oxygen atoms in total. The Morgan fingerprint density at radius 1 is 1.46 bits per heavy atom. The summed E-state index contributed by atoms with van der Waals surface area (Å²) >= 11 is 0. The third kappa shape index (κ3) is 4.58. The van der Waals surface area contributed by atoms with Crippen LogP contribution in [0.3, 0.4) is 0 Å². The van der Waals surface area contributed by atoms with E-state index in [1.807, 2.05) is 0 Å². The van der Waals surface area contributed by atoms with E-state index in [2.05, 4.69) is 16.1 Å². The lowest BCUT2D eigenvalue weighted by Crippen LogP contribution is -2.20. The van der Waals surface area contributed by atoms with Gasteiger partial charge in [-0.1, -0.05) is 6.58 Å². The standard InChI is InChI=1S/C8H9NO4/c1-5(4-9)8(11)13-7(3)12-6(2)10/h7H,1H2,2-3H3. The molecule has 0 fully saturated rings. The molecule has 0 aliphatic carbocycles. The van der Waals surface area contributed by atoms with Crippen LogP contribution in [0, 0.1) is 11.3 Å². The number of nitriles is 1. The van der Waals surface area contributed by atoms with Gasteiger partial charge in [0.2, 0.25) is 6.29 Å². The minimum absolute atomic E-state index is 0.334. The van der Waals surface area contributed by atoms with Crippen molar-refractivity contribution in [2.75, 3.05) is 0 Å². The summed E-state index contributed by atoms with van der Waals surface area (Å²) in [4.78, 5) is 21.2. The molecule has 0 aromatic heterocycles. The summed E-state index contributed by atoms with van der Waals surface area (Å²) in [6.45, 7) is 5.68. The number of nitrogens with zero attached hydrogens (tertiary/aromatic N) is 1. The highest BCUT2D eigenvalue weighted by Crippen LogP contribution is 1.99. The molecule has 1 unspecified atom stereocenters. The predicted molar refractivity (Wildman–Crippen MR) is 42.1 cm³/mol. The van der Waals surface area contributed by atoms with Gasteiger partial charge in [-0.2, -0.15) is 5.26 Å². The second kappa shape index (κ2) is 4.93. The third-order valence-electron chi connectivity index (χ3n) is 0.986. The van der Waals surface area contributed by atoms with Crippen molar-refractivity contribution >= 4 is 11.9 Å². The highest BCUT2D eigenvalue weighted by Gasteiger charge is 2.13. The Morgan fingerprint density at radius 2 is 2.00 bits per heavy atom. The lowest BCUT2D eigenvalue weighted by molar-refractivity contribution is -0.179. The minimum Gasteiger partial charge on any atom is -0.426 e.